The van der Waals surface area contributed by atoms with Crippen molar-refractivity contribution in [2.24, 2.45) is 0 Å². The molecule has 3 rings (SSSR count). The van der Waals surface area contributed by atoms with Gasteiger partial charge in [-0.2, -0.15) is 0 Å². The molecule has 0 aliphatic rings. The molecule has 0 spiro atoms. The average molecular weight is 393 g/mol. The lowest BCUT2D eigenvalue weighted by molar-refractivity contribution is -0.128. The minimum atomic E-state index is -0.630. The Morgan fingerprint density at radius 2 is 1.66 bits per heavy atom. The lowest BCUT2D eigenvalue weighted by Crippen LogP contribution is -2.38. The summed E-state index contributed by atoms with van der Waals surface area (Å²) >= 11 is 0. The first kappa shape index (κ1) is 20.5. The maximum Gasteiger partial charge on any atom is 0.261 e. The van der Waals surface area contributed by atoms with Crippen molar-refractivity contribution in [1.29, 1.82) is 0 Å². The van der Waals surface area contributed by atoms with E-state index >= 15 is 0 Å². The summed E-state index contributed by atoms with van der Waals surface area (Å²) in [6.07, 6.45) is 0.109. The Balaban J connectivity index is 1.74. The fourth-order valence-corrected chi connectivity index (χ4v) is 3.32. The molecule has 1 N–H and O–H groups in total. The Kier molecular flexibility index (Phi) is 6.60. The summed E-state index contributed by atoms with van der Waals surface area (Å²) in [5.41, 5.74) is 0.955. The van der Waals surface area contributed by atoms with E-state index in [0.29, 0.717) is 17.2 Å². The number of nitrogens with one attached hydrogen (secondary N) is 1. The summed E-state index contributed by atoms with van der Waals surface area (Å²) in [7, 11) is 3.20. The fourth-order valence-electron chi connectivity index (χ4n) is 3.32. The highest BCUT2D eigenvalue weighted by molar-refractivity contribution is 5.89. The lowest BCUT2D eigenvalue weighted by atomic mass is 10.0. The Hall–Kier alpha value is -3.21. The minimum Gasteiger partial charge on any atom is -0.493 e. The van der Waals surface area contributed by atoms with E-state index < -0.39 is 6.10 Å². The van der Waals surface area contributed by atoms with Crippen molar-refractivity contribution in [3.63, 3.8) is 0 Å². The molecule has 152 valence electrons. The highest BCUT2D eigenvalue weighted by Gasteiger charge is 2.21. The average Bonchev–Trinajstić information content (AvgIpc) is 2.77. The number of methoxy groups -OCH3 is 2. The molecule has 0 aliphatic heterocycles. The number of hydrogen-bond acceptors (Lipinski definition) is 4. The summed E-state index contributed by atoms with van der Waals surface area (Å²) in [6, 6.07) is 19.3. The van der Waals surface area contributed by atoms with Crippen LogP contribution in [0, 0.1) is 0 Å². The third-order valence-corrected chi connectivity index (χ3v) is 4.96. The van der Waals surface area contributed by atoms with Crippen LogP contribution in [0.1, 0.15) is 31.9 Å². The molecule has 0 fully saturated rings. The fraction of sp³-hybridized carbons (Fsp3) is 0.292. The number of rotatable bonds is 8. The Labute approximate surface area is 171 Å². The Bertz CT molecular complexity index is 980. The van der Waals surface area contributed by atoms with E-state index in [-0.39, 0.29) is 11.9 Å². The summed E-state index contributed by atoms with van der Waals surface area (Å²) in [4.78, 5) is 12.8. The molecule has 0 unspecified atom stereocenters. The number of ether oxygens (including phenoxy) is 3. The quantitative estimate of drug-likeness (QED) is 0.592. The second-order valence-electron chi connectivity index (χ2n) is 6.82. The van der Waals surface area contributed by atoms with Gasteiger partial charge in [0, 0.05) is 5.39 Å². The van der Waals surface area contributed by atoms with E-state index in [2.05, 4.69) is 5.32 Å². The molecule has 2 atom stereocenters. The molecule has 0 heterocycles. The Morgan fingerprint density at radius 3 is 2.38 bits per heavy atom. The van der Waals surface area contributed by atoms with Crippen molar-refractivity contribution in [2.45, 2.75) is 32.4 Å². The van der Waals surface area contributed by atoms with Crippen molar-refractivity contribution >= 4 is 16.7 Å². The first-order chi connectivity index (χ1) is 14.1. The van der Waals surface area contributed by atoms with Gasteiger partial charge in [-0.1, -0.05) is 49.4 Å². The summed E-state index contributed by atoms with van der Waals surface area (Å²) < 4.78 is 16.7. The monoisotopic (exact) mass is 393 g/mol. The van der Waals surface area contributed by atoms with E-state index in [1.165, 1.54) is 0 Å². The number of amides is 1. The van der Waals surface area contributed by atoms with Crippen LogP contribution in [0.4, 0.5) is 0 Å². The van der Waals surface area contributed by atoms with Gasteiger partial charge < -0.3 is 19.5 Å². The van der Waals surface area contributed by atoms with E-state index in [9.17, 15) is 4.79 Å². The molecule has 3 aromatic rings. The van der Waals surface area contributed by atoms with Crippen molar-refractivity contribution in [3.8, 4) is 17.2 Å². The second-order valence-corrected chi connectivity index (χ2v) is 6.82. The van der Waals surface area contributed by atoms with Crippen LogP contribution in [0.15, 0.2) is 60.7 Å². The normalized spacial score (nSPS) is 12.8. The van der Waals surface area contributed by atoms with Crippen LogP contribution in [0.2, 0.25) is 0 Å². The van der Waals surface area contributed by atoms with Crippen LogP contribution in [-0.2, 0) is 4.79 Å². The van der Waals surface area contributed by atoms with Gasteiger partial charge >= 0.3 is 0 Å². The van der Waals surface area contributed by atoms with Gasteiger partial charge in [-0.15, -0.1) is 0 Å². The summed E-state index contributed by atoms with van der Waals surface area (Å²) in [6.45, 7) is 3.79. The molecule has 0 aromatic heterocycles. The minimum absolute atomic E-state index is 0.152. The van der Waals surface area contributed by atoms with E-state index in [1.807, 2.05) is 67.6 Å². The molecule has 29 heavy (non-hydrogen) atoms. The molecule has 1 amide bonds. The van der Waals surface area contributed by atoms with Crippen molar-refractivity contribution < 1.29 is 19.0 Å². The lowest BCUT2D eigenvalue weighted by Gasteiger charge is -2.22. The number of hydrogen-bond donors (Lipinski definition) is 1. The third-order valence-electron chi connectivity index (χ3n) is 4.96. The topological polar surface area (TPSA) is 56.8 Å². The van der Waals surface area contributed by atoms with Gasteiger partial charge in [0.25, 0.3) is 5.91 Å². The van der Waals surface area contributed by atoms with Crippen molar-refractivity contribution in [2.75, 3.05) is 14.2 Å². The predicted octanol–water partition coefficient (Wildman–Crippen LogP) is 4.89. The van der Waals surface area contributed by atoms with Gasteiger partial charge in [-0.3, -0.25) is 4.79 Å². The molecule has 5 heteroatoms. The zero-order chi connectivity index (χ0) is 20.8. The van der Waals surface area contributed by atoms with Gasteiger partial charge in [0.1, 0.15) is 5.75 Å². The highest BCUT2D eigenvalue weighted by Crippen LogP contribution is 2.31. The molecular formula is C24H27NO4. The van der Waals surface area contributed by atoms with Gasteiger partial charge in [-0.25, -0.2) is 0 Å². The standard InChI is InChI=1S/C24H27NO4/c1-5-20(18-13-14-22(27-3)23(15-18)28-4)25-24(26)16(2)29-21-12-8-10-17-9-6-7-11-19(17)21/h6-16,20H,5H2,1-4H3,(H,25,26)/t16-,20+/m1/s1. The van der Waals surface area contributed by atoms with Crippen LogP contribution in [0.25, 0.3) is 10.8 Å². The number of carbonyl (C=O) groups excluding carboxylic acids is 1. The maximum absolute atomic E-state index is 12.8. The molecule has 0 radical (unpaired) electrons. The van der Waals surface area contributed by atoms with Gasteiger partial charge in [-0.05, 0) is 42.5 Å². The second kappa shape index (κ2) is 9.32. The number of benzene rings is 3. The molecule has 0 aliphatic carbocycles. The van der Waals surface area contributed by atoms with Crippen molar-refractivity contribution in [1.82, 2.24) is 5.32 Å². The third kappa shape index (κ3) is 4.62. The number of fused-ring (bicyclic) bond motifs is 1. The molecule has 0 saturated carbocycles. The molecule has 5 nitrogen and oxygen atoms in total. The van der Waals surface area contributed by atoms with Crippen LogP contribution in [0.5, 0.6) is 17.2 Å². The molecule has 0 bridgehead atoms. The van der Waals surface area contributed by atoms with E-state index in [1.54, 1.807) is 21.1 Å². The zero-order valence-corrected chi connectivity index (χ0v) is 17.3. The summed E-state index contributed by atoms with van der Waals surface area (Å²) in [5, 5.41) is 5.15. The van der Waals surface area contributed by atoms with Crippen LogP contribution >= 0.6 is 0 Å². The van der Waals surface area contributed by atoms with E-state index in [0.717, 1.165) is 22.8 Å². The number of carbonyl (C=O) groups is 1. The predicted molar refractivity (Wildman–Crippen MR) is 115 cm³/mol. The van der Waals surface area contributed by atoms with Crippen molar-refractivity contribution in [3.05, 3.63) is 66.2 Å². The van der Waals surface area contributed by atoms with Gasteiger partial charge in [0.05, 0.1) is 20.3 Å². The molecular weight excluding hydrogens is 366 g/mol. The Morgan fingerprint density at radius 1 is 0.931 bits per heavy atom. The van der Waals surface area contributed by atoms with Gasteiger partial charge in [0.15, 0.2) is 17.6 Å². The first-order valence-corrected chi connectivity index (χ1v) is 9.74. The van der Waals surface area contributed by atoms with Crippen LogP contribution in [-0.4, -0.2) is 26.2 Å². The highest BCUT2D eigenvalue weighted by atomic mass is 16.5. The first-order valence-electron chi connectivity index (χ1n) is 9.74. The smallest absolute Gasteiger partial charge is 0.261 e. The maximum atomic E-state index is 12.8. The molecule has 3 aromatic carbocycles. The summed E-state index contributed by atoms with van der Waals surface area (Å²) in [5.74, 6) is 1.83. The largest absolute Gasteiger partial charge is 0.493 e. The SMILES string of the molecule is CC[C@H](NC(=O)[C@@H](C)Oc1cccc2ccccc12)c1ccc(OC)c(OC)c1. The van der Waals surface area contributed by atoms with E-state index in [4.69, 9.17) is 14.2 Å². The zero-order valence-electron chi connectivity index (χ0n) is 17.3. The van der Waals surface area contributed by atoms with Gasteiger partial charge in [0.2, 0.25) is 0 Å². The van der Waals surface area contributed by atoms with Crippen LogP contribution < -0.4 is 19.5 Å². The molecule has 0 saturated heterocycles. The van der Waals surface area contributed by atoms with Crippen LogP contribution in [0.3, 0.4) is 0 Å².